The highest BCUT2D eigenvalue weighted by Gasteiger charge is 2.28. The standard InChI is InChI=1S/C13H26O/c1-4-5-11-6-7-12(8-10(2)3)13(14)9-11/h10-14H,4-9H2,1-3H3. The van der Waals surface area contributed by atoms with Crippen molar-refractivity contribution in [2.24, 2.45) is 17.8 Å². The Labute approximate surface area is 88.9 Å². The van der Waals surface area contributed by atoms with E-state index in [1.165, 1.54) is 32.1 Å². The molecule has 0 aromatic carbocycles. The summed E-state index contributed by atoms with van der Waals surface area (Å²) in [6.07, 6.45) is 7.44. The van der Waals surface area contributed by atoms with Gasteiger partial charge in [-0.1, -0.05) is 33.6 Å². The molecule has 84 valence electrons. The van der Waals surface area contributed by atoms with Crippen molar-refractivity contribution in [3.05, 3.63) is 0 Å². The average Bonchev–Trinajstić information content (AvgIpc) is 2.10. The lowest BCUT2D eigenvalue weighted by atomic mass is 9.75. The number of rotatable bonds is 4. The fourth-order valence-corrected chi connectivity index (χ4v) is 2.84. The van der Waals surface area contributed by atoms with E-state index in [1.807, 2.05) is 0 Å². The lowest BCUT2D eigenvalue weighted by molar-refractivity contribution is 0.0328. The summed E-state index contributed by atoms with van der Waals surface area (Å²) in [7, 11) is 0. The van der Waals surface area contributed by atoms with Gasteiger partial charge in [0.15, 0.2) is 0 Å². The van der Waals surface area contributed by atoms with Gasteiger partial charge in [0, 0.05) is 0 Å². The van der Waals surface area contributed by atoms with Gasteiger partial charge in [-0.3, -0.25) is 0 Å². The topological polar surface area (TPSA) is 20.2 Å². The second kappa shape index (κ2) is 5.75. The predicted molar refractivity (Wildman–Crippen MR) is 61.2 cm³/mol. The summed E-state index contributed by atoms with van der Waals surface area (Å²) in [6.45, 7) is 6.75. The van der Waals surface area contributed by atoms with E-state index >= 15 is 0 Å². The van der Waals surface area contributed by atoms with Gasteiger partial charge in [-0.15, -0.1) is 0 Å². The highest BCUT2D eigenvalue weighted by Crippen LogP contribution is 2.34. The minimum atomic E-state index is -0.0114. The van der Waals surface area contributed by atoms with Gasteiger partial charge >= 0.3 is 0 Å². The number of aliphatic hydroxyl groups excluding tert-OH is 1. The normalized spacial score (nSPS) is 33.6. The number of hydrogen-bond donors (Lipinski definition) is 1. The van der Waals surface area contributed by atoms with Gasteiger partial charge < -0.3 is 5.11 Å². The zero-order chi connectivity index (χ0) is 10.6. The fourth-order valence-electron chi connectivity index (χ4n) is 2.84. The molecule has 0 bridgehead atoms. The molecule has 1 fully saturated rings. The van der Waals surface area contributed by atoms with Gasteiger partial charge in [-0.25, -0.2) is 0 Å². The van der Waals surface area contributed by atoms with E-state index in [2.05, 4.69) is 20.8 Å². The third kappa shape index (κ3) is 3.61. The quantitative estimate of drug-likeness (QED) is 0.731. The lowest BCUT2D eigenvalue weighted by Crippen LogP contribution is -2.30. The molecule has 14 heavy (non-hydrogen) atoms. The van der Waals surface area contributed by atoms with Gasteiger partial charge in [0.25, 0.3) is 0 Å². The third-order valence-electron chi connectivity index (χ3n) is 3.54. The zero-order valence-electron chi connectivity index (χ0n) is 10.00. The summed E-state index contributed by atoms with van der Waals surface area (Å²) >= 11 is 0. The van der Waals surface area contributed by atoms with Crippen molar-refractivity contribution in [2.75, 3.05) is 0 Å². The van der Waals surface area contributed by atoms with E-state index in [9.17, 15) is 5.11 Å². The molecule has 1 aliphatic rings. The van der Waals surface area contributed by atoms with Crippen LogP contribution in [0.25, 0.3) is 0 Å². The molecule has 0 heterocycles. The monoisotopic (exact) mass is 198 g/mol. The molecule has 1 N–H and O–H groups in total. The average molecular weight is 198 g/mol. The van der Waals surface area contributed by atoms with Crippen LogP contribution in [0.5, 0.6) is 0 Å². The van der Waals surface area contributed by atoms with Gasteiger partial charge in [0.2, 0.25) is 0 Å². The summed E-state index contributed by atoms with van der Waals surface area (Å²) in [5.74, 6) is 2.12. The molecule has 3 unspecified atom stereocenters. The smallest absolute Gasteiger partial charge is 0.0571 e. The molecule has 0 aromatic heterocycles. The molecular formula is C13H26O. The number of aliphatic hydroxyl groups is 1. The molecule has 0 saturated heterocycles. The molecule has 0 spiro atoms. The van der Waals surface area contributed by atoms with Crippen molar-refractivity contribution in [1.82, 2.24) is 0 Å². The number of hydrogen-bond acceptors (Lipinski definition) is 1. The van der Waals surface area contributed by atoms with Crippen LogP contribution >= 0.6 is 0 Å². The van der Waals surface area contributed by atoms with Crippen molar-refractivity contribution in [3.8, 4) is 0 Å². The van der Waals surface area contributed by atoms with Crippen LogP contribution in [-0.4, -0.2) is 11.2 Å². The summed E-state index contributed by atoms with van der Waals surface area (Å²) in [4.78, 5) is 0. The molecule has 0 amide bonds. The highest BCUT2D eigenvalue weighted by molar-refractivity contribution is 4.80. The predicted octanol–water partition coefficient (Wildman–Crippen LogP) is 3.61. The molecule has 1 nitrogen and oxygen atoms in total. The molecule has 0 aliphatic heterocycles. The molecule has 1 aliphatic carbocycles. The molecule has 0 radical (unpaired) electrons. The maximum atomic E-state index is 10.0. The van der Waals surface area contributed by atoms with Crippen LogP contribution in [0.3, 0.4) is 0 Å². The summed E-state index contributed by atoms with van der Waals surface area (Å²) < 4.78 is 0. The first-order valence-corrected chi connectivity index (χ1v) is 6.31. The highest BCUT2D eigenvalue weighted by atomic mass is 16.3. The summed E-state index contributed by atoms with van der Waals surface area (Å²) in [5, 5.41) is 10.0. The van der Waals surface area contributed by atoms with Crippen molar-refractivity contribution in [2.45, 2.75) is 65.4 Å². The maximum absolute atomic E-state index is 10.0. The third-order valence-corrected chi connectivity index (χ3v) is 3.54. The van der Waals surface area contributed by atoms with Gasteiger partial charge in [0.1, 0.15) is 0 Å². The van der Waals surface area contributed by atoms with E-state index in [0.717, 1.165) is 18.3 Å². The molecule has 1 heteroatoms. The van der Waals surface area contributed by atoms with Crippen molar-refractivity contribution in [3.63, 3.8) is 0 Å². The summed E-state index contributed by atoms with van der Waals surface area (Å²) in [6, 6.07) is 0. The van der Waals surface area contributed by atoms with Crippen LogP contribution in [0.15, 0.2) is 0 Å². The molecule has 1 saturated carbocycles. The Bertz CT molecular complexity index is 153. The van der Waals surface area contributed by atoms with Crippen LogP contribution in [0.1, 0.15) is 59.3 Å². The first-order chi connectivity index (χ1) is 6.63. The Morgan fingerprint density at radius 3 is 2.50 bits per heavy atom. The first kappa shape index (κ1) is 12.0. The lowest BCUT2D eigenvalue weighted by Gasteiger charge is -2.34. The van der Waals surface area contributed by atoms with E-state index < -0.39 is 0 Å². The first-order valence-electron chi connectivity index (χ1n) is 6.31. The van der Waals surface area contributed by atoms with Crippen molar-refractivity contribution < 1.29 is 5.11 Å². The van der Waals surface area contributed by atoms with Crippen LogP contribution in [0.4, 0.5) is 0 Å². The Kier molecular flexibility index (Phi) is 4.94. The van der Waals surface area contributed by atoms with E-state index in [1.54, 1.807) is 0 Å². The second-order valence-corrected chi connectivity index (χ2v) is 5.42. The molecule has 3 atom stereocenters. The Morgan fingerprint density at radius 1 is 1.29 bits per heavy atom. The van der Waals surface area contributed by atoms with Crippen LogP contribution in [0, 0.1) is 17.8 Å². The van der Waals surface area contributed by atoms with Crippen LogP contribution in [-0.2, 0) is 0 Å². The molecule has 0 aromatic rings. The Hall–Kier alpha value is -0.0400. The van der Waals surface area contributed by atoms with Crippen molar-refractivity contribution in [1.29, 1.82) is 0 Å². The minimum Gasteiger partial charge on any atom is -0.393 e. The van der Waals surface area contributed by atoms with Gasteiger partial charge in [-0.2, -0.15) is 0 Å². The van der Waals surface area contributed by atoms with E-state index in [4.69, 9.17) is 0 Å². The fraction of sp³-hybridized carbons (Fsp3) is 1.00. The Morgan fingerprint density at radius 2 is 2.00 bits per heavy atom. The summed E-state index contributed by atoms with van der Waals surface area (Å²) in [5.41, 5.74) is 0. The second-order valence-electron chi connectivity index (χ2n) is 5.42. The molecule has 1 rings (SSSR count). The Balaban J connectivity index is 2.32. The van der Waals surface area contributed by atoms with Crippen LogP contribution in [0.2, 0.25) is 0 Å². The largest absolute Gasteiger partial charge is 0.393 e. The van der Waals surface area contributed by atoms with E-state index in [0.29, 0.717) is 5.92 Å². The van der Waals surface area contributed by atoms with Crippen LogP contribution < -0.4 is 0 Å². The zero-order valence-corrected chi connectivity index (χ0v) is 10.00. The van der Waals surface area contributed by atoms with E-state index in [-0.39, 0.29) is 6.10 Å². The minimum absolute atomic E-state index is 0.0114. The van der Waals surface area contributed by atoms with Gasteiger partial charge in [0.05, 0.1) is 6.10 Å². The van der Waals surface area contributed by atoms with Gasteiger partial charge in [-0.05, 0) is 43.4 Å². The SMILES string of the molecule is CCCC1CCC(CC(C)C)C(O)C1. The molecular weight excluding hydrogens is 172 g/mol. The maximum Gasteiger partial charge on any atom is 0.0571 e. The van der Waals surface area contributed by atoms with Crippen molar-refractivity contribution >= 4 is 0 Å².